The van der Waals surface area contributed by atoms with E-state index in [1.54, 1.807) is 43.3 Å². The second-order valence-corrected chi connectivity index (χ2v) is 8.64. The van der Waals surface area contributed by atoms with Gasteiger partial charge in [-0.1, -0.05) is 36.2 Å². The number of carbonyl (C=O) groups is 1. The molecule has 0 aliphatic heterocycles. The summed E-state index contributed by atoms with van der Waals surface area (Å²) >= 11 is 11.9. The van der Waals surface area contributed by atoms with Crippen molar-refractivity contribution in [3.63, 3.8) is 0 Å². The van der Waals surface area contributed by atoms with Crippen LogP contribution in [0.1, 0.15) is 18.9 Å². The first kappa shape index (κ1) is 20.6. The molecule has 2 aromatic rings. The third kappa shape index (κ3) is 4.90. The van der Waals surface area contributed by atoms with Gasteiger partial charge >= 0.3 is 0 Å². The third-order valence-corrected chi connectivity index (χ3v) is 5.49. The van der Waals surface area contributed by atoms with Gasteiger partial charge in [0.25, 0.3) is 0 Å². The molecule has 0 unspecified atom stereocenters. The van der Waals surface area contributed by atoms with E-state index in [1.165, 1.54) is 6.07 Å². The van der Waals surface area contributed by atoms with E-state index in [0.29, 0.717) is 21.4 Å². The predicted molar refractivity (Wildman–Crippen MR) is 108 cm³/mol. The molecule has 5 nitrogen and oxygen atoms in total. The molecule has 140 valence electrons. The molecule has 0 bridgehead atoms. The minimum absolute atomic E-state index is 0.290. The van der Waals surface area contributed by atoms with Crippen molar-refractivity contribution in [3.05, 3.63) is 58.1 Å². The molecule has 0 aliphatic rings. The summed E-state index contributed by atoms with van der Waals surface area (Å²) in [7, 11) is -3.71. The maximum Gasteiger partial charge on any atom is 0.248 e. The fourth-order valence-electron chi connectivity index (χ4n) is 2.66. The average molecular weight is 415 g/mol. The van der Waals surface area contributed by atoms with E-state index in [9.17, 15) is 13.2 Å². The highest BCUT2D eigenvalue weighted by atomic mass is 35.5. The van der Waals surface area contributed by atoms with Gasteiger partial charge in [0.2, 0.25) is 15.9 Å². The highest BCUT2D eigenvalue weighted by Crippen LogP contribution is 2.27. The molecule has 8 heteroatoms. The number of nitrogens with one attached hydrogen (secondary N) is 1. The maximum atomic E-state index is 12.8. The number of sulfonamides is 1. The molecule has 1 atom stereocenters. The largest absolute Gasteiger partial charge is 0.324 e. The van der Waals surface area contributed by atoms with Gasteiger partial charge in [0, 0.05) is 15.7 Å². The third-order valence-electron chi connectivity index (χ3n) is 3.84. The van der Waals surface area contributed by atoms with Gasteiger partial charge in [-0.2, -0.15) is 0 Å². The van der Waals surface area contributed by atoms with E-state index in [1.807, 2.05) is 6.92 Å². The Morgan fingerprint density at radius 1 is 1.15 bits per heavy atom. The summed E-state index contributed by atoms with van der Waals surface area (Å²) in [5.74, 6) is -0.427. The van der Waals surface area contributed by atoms with Crippen LogP contribution in [0.4, 0.5) is 11.4 Å². The van der Waals surface area contributed by atoms with Crippen LogP contribution in [-0.4, -0.2) is 26.6 Å². The zero-order chi connectivity index (χ0) is 19.5. The lowest BCUT2D eigenvalue weighted by atomic mass is 10.1. The monoisotopic (exact) mass is 414 g/mol. The second-order valence-electron chi connectivity index (χ2n) is 5.91. The highest BCUT2D eigenvalue weighted by molar-refractivity contribution is 7.92. The average Bonchev–Trinajstić information content (AvgIpc) is 2.53. The lowest BCUT2D eigenvalue weighted by Gasteiger charge is -2.30. The summed E-state index contributed by atoms with van der Waals surface area (Å²) in [5, 5.41) is 3.74. The summed E-state index contributed by atoms with van der Waals surface area (Å²) in [6.07, 6.45) is 1.36. The molecule has 0 saturated carbocycles. The SMILES string of the molecule is CC[C@@H](C(=O)Nc1ccc(Cl)cc1C)N(c1cccc(Cl)c1)S(C)(=O)=O. The van der Waals surface area contributed by atoms with E-state index < -0.39 is 22.0 Å². The minimum Gasteiger partial charge on any atom is -0.324 e. The molecule has 0 aliphatic carbocycles. The van der Waals surface area contributed by atoms with Crippen molar-refractivity contribution in [1.82, 2.24) is 0 Å². The number of nitrogens with zero attached hydrogens (tertiary/aromatic N) is 1. The lowest BCUT2D eigenvalue weighted by Crippen LogP contribution is -2.47. The number of benzene rings is 2. The highest BCUT2D eigenvalue weighted by Gasteiger charge is 2.31. The van der Waals surface area contributed by atoms with Gasteiger partial charge in [0.15, 0.2) is 0 Å². The molecule has 1 N–H and O–H groups in total. The van der Waals surface area contributed by atoms with Crippen molar-refractivity contribution < 1.29 is 13.2 Å². The van der Waals surface area contributed by atoms with Crippen LogP contribution in [0.3, 0.4) is 0 Å². The second kappa shape index (κ2) is 8.29. The van der Waals surface area contributed by atoms with Gasteiger partial charge in [0.05, 0.1) is 11.9 Å². The Balaban J connectivity index is 2.40. The minimum atomic E-state index is -3.71. The first-order valence-electron chi connectivity index (χ1n) is 7.95. The maximum absolute atomic E-state index is 12.8. The first-order valence-corrected chi connectivity index (χ1v) is 10.6. The van der Waals surface area contributed by atoms with Crippen molar-refractivity contribution in [1.29, 1.82) is 0 Å². The van der Waals surface area contributed by atoms with E-state index in [4.69, 9.17) is 23.2 Å². The Labute approximate surface area is 164 Å². The van der Waals surface area contributed by atoms with Crippen molar-refractivity contribution >= 4 is 50.5 Å². The number of aryl methyl sites for hydroxylation is 1. The smallest absolute Gasteiger partial charge is 0.248 e. The van der Waals surface area contributed by atoms with Crippen molar-refractivity contribution in [3.8, 4) is 0 Å². The number of rotatable bonds is 6. The van der Waals surface area contributed by atoms with E-state index in [2.05, 4.69) is 5.32 Å². The number of amides is 1. The molecular formula is C18H20Cl2N2O3S. The van der Waals surface area contributed by atoms with E-state index in [-0.39, 0.29) is 6.42 Å². The van der Waals surface area contributed by atoms with Gasteiger partial charge < -0.3 is 5.32 Å². The van der Waals surface area contributed by atoms with Gasteiger partial charge in [-0.15, -0.1) is 0 Å². The Morgan fingerprint density at radius 2 is 1.81 bits per heavy atom. The van der Waals surface area contributed by atoms with Crippen LogP contribution >= 0.6 is 23.2 Å². The van der Waals surface area contributed by atoms with Crippen LogP contribution in [0.2, 0.25) is 10.0 Å². The van der Waals surface area contributed by atoms with Crippen LogP contribution in [0, 0.1) is 6.92 Å². The Bertz CT molecular complexity index is 916. The normalized spacial score (nSPS) is 12.5. The number of hydrogen-bond acceptors (Lipinski definition) is 3. The fraction of sp³-hybridized carbons (Fsp3) is 0.278. The summed E-state index contributed by atoms with van der Waals surface area (Å²) in [6.45, 7) is 3.56. The molecule has 0 fully saturated rings. The quantitative estimate of drug-likeness (QED) is 0.756. The number of carbonyl (C=O) groups excluding carboxylic acids is 1. The summed E-state index contributed by atoms with van der Waals surface area (Å²) in [4.78, 5) is 12.8. The van der Waals surface area contributed by atoms with Crippen LogP contribution in [0.5, 0.6) is 0 Å². The van der Waals surface area contributed by atoms with Gasteiger partial charge in [-0.3, -0.25) is 9.10 Å². The van der Waals surface area contributed by atoms with Crippen LogP contribution in [0.25, 0.3) is 0 Å². The van der Waals surface area contributed by atoms with Crippen molar-refractivity contribution in [2.45, 2.75) is 26.3 Å². The Hall–Kier alpha value is -1.76. The molecule has 0 aromatic heterocycles. The molecule has 1 amide bonds. The first-order chi connectivity index (χ1) is 12.1. The zero-order valence-electron chi connectivity index (χ0n) is 14.7. The van der Waals surface area contributed by atoms with E-state index in [0.717, 1.165) is 16.1 Å². The zero-order valence-corrected chi connectivity index (χ0v) is 17.0. The van der Waals surface area contributed by atoms with Gasteiger partial charge in [-0.25, -0.2) is 8.42 Å². The molecule has 0 heterocycles. The molecule has 2 aromatic carbocycles. The Kier molecular flexibility index (Phi) is 6.55. The molecule has 0 saturated heterocycles. The molecule has 0 spiro atoms. The molecular weight excluding hydrogens is 395 g/mol. The summed E-state index contributed by atoms with van der Waals surface area (Å²) in [6, 6.07) is 10.6. The topological polar surface area (TPSA) is 66.5 Å². The standard InChI is InChI=1S/C18H20Cl2N2O3S/c1-4-17(18(23)21-16-9-8-14(20)10-12(16)2)22(26(3,24)25)15-7-5-6-13(19)11-15/h5-11,17H,4H2,1-3H3,(H,21,23)/t17-/m0/s1. The number of halogens is 2. The van der Waals surface area contributed by atoms with Crippen LogP contribution < -0.4 is 9.62 Å². The number of hydrogen-bond donors (Lipinski definition) is 1. The van der Waals surface area contributed by atoms with Gasteiger partial charge in [-0.05, 0) is 55.3 Å². The molecule has 2 rings (SSSR count). The van der Waals surface area contributed by atoms with E-state index >= 15 is 0 Å². The van der Waals surface area contributed by atoms with Crippen molar-refractivity contribution in [2.24, 2.45) is 0 Å². The molecule has 26 heavy (non-hydrogen) atoms. The van der Waals surface area contributed by atoms with Crippen LogP contribution in [-0.2, 0) is 14.8 Å². The van der Waals surface area contributed by atoms with Crippen molar-refractivity contribution in [2.75, 3.05) is 15.9 Å². The fourth-order valence-corrected chi connectivity index (χ4v) is 4.27. The lowest BCUT2D eigenvalue weighted by molar-refractivity contribution is -0.117. The Morgan fingerprint density at radius 3 is 2.35 bits per heavy atom. The van der Waals surface area contributed by atoms with Crippen LogP contribution in [0.15, 0.2) is 42.5 Å². The molecule has 0 radical (unpaired) electrons. The number of anilines is 2. The summed E-state index contributed by atoms with van der Waals surface area (Å²) in [5.41, 5.74) is 1.71. The summed E-state index contributed by atoms with van der Waals surface area (Å²) < 4.78 is 25.9. The van der Waals surface area contributed by atoms with Gasteiger partial charge in [0.1, 0.15) is 6.04 Å². The predicted octanol–water partition coefficient (Wildman–Crippen LogP) is 4.49.